The molecule has 0 aliphatic heterocycles. The minimum atomic E-state index is 0.440. The Morgan fingerprint density at radius 3 is 3.08 bits per heavy atom. The molecule has 0 unspecified atom stereocenters. The van der Waals surface area contributed by atoms with Crippen LogP contribution in [0.15, 0.2) is 12.1 Å². The third kappa shape index (κ3) is 2.90. The Morgan fingerprint density at radius 1 is 1.58 bits per heavy atom. The van der Waals surface area contributed by atoms with Gasteiger partial charge in [-0.3, -0.25) is 0 Å². The first-order chi connectivity index (χ1) is 5.86. The van der Waals surface area contributed by atoms with Crippen molar-refractivity contribution < 1.29 is 0 Å². The summed E-state index contributed by atoms with van der Waals surface area (Å²) in [6, 6.07) is 4.18. The predicted molar refractivity (Wildman–Crippen MR) is 57.5 cm³/mol. The van der Waals surface area contributed by atoms with Gasteiger partial charge in [0, 0.05) is 10.6 Å². The van der Waals surface area contributed by atoms with Gasteiger partial charge in [-0.2, -0.15) is 11.8 Å². The molecular formula is C9H11NS2. The molecule has 12 heavy (non-hydrogen) atoms. The fourth-order valence-electron chi connectivity index (χ4n) is 0.803. The van der Waals surface area contributed by atoms with Gasteiger partial charge in [0.25, 0.3) is 0 Å². The van der Waals surface area contributed by atoms with Crippen LogP contribution in [0.1, 0.15) is 9.75 Å². The summed E-state index contributed by atoms with van der Waals surface area (Å²) in [5.41, 5.74) is 5.27. The van der Waals surface area contributed by atoms with Crippen LogP contribution in [0.4, 0.5) is 0 Å². The van der Waals surface area contributed by atoms with E-state index in [0.717, 1.165) is 10.6 Å². The fraction of sp³-hybridized carbons (Fsp3) is 0.333. The van der Waals surface area contributed by atoms with Gasteiger partial charge in [0.2, 0.25) is 0 Å². The number of thioether (sulfide) groups is 1. The van der Waals surface area contributed by atoms with Crippen molar-refractivity contribution in [1.82, 2.24) is 0 Å². The summed E-state index contributed by atoms with van der Waals surface area (Å²) in [4.78, 5) is 2.49. The highest BCUT2D eigenvalue weighted by Gasteiger charge is 1.95. The molecule has 0 spiro atoms. The van der Waals surface area contributed by atoms with Crippen LogP contribution in [-0.2, 0) is 5.75 Å². The van der Waals surface area contributed by atoms with E-state index >= 15 is 0 Å². The number of thiophene rings is 1. The molecule has 0 fully saturated rings. The molecule has 0 radical (unpaired) electrons. The van der Waals surface area contributed by atoms with Crippen LogP contribution in [0.3, 0.4) is 0 Å². The Balaban J connectivity index is 2.64. The molecule has 0 atom stereocenters. The van der Waals surface area contributed by atoms with Crippen molar-refractivity contribution in [3.05, 3.63) is 21.9 Å². The minimum Gasteiger partial charge on any atom is -0.320 e. The molecule has 1 heterocycles. The van der Waals surface area contributed by atoms with Crippen LogP contribution < -0.4 is 5.73 Å². The van der Waals surface area contributed by atoms with Crippen LogP contribution >= 0.6 is 23.1 Å². The monoisotopic (exact) mass is 197 g/mol. The van der Waals surface area contributed by atoms with E-state index in [-0.39, 0.29) is 0 Å². The van der Waals surface area contributed by atoms with Crippen LogP contribution in [0.5, 0.6) is 0 Å². The zero-order valence-electron chi connectivity index (χ0n) is 6.96. The Labute approximate surface area is 81.4 Å². The van der Waals surface area contributed by atoms with E-state index < -0.39 is 0 Å². The first-order valence-electron chi connectivity index (χ1n) is 3.63. The highest BCUT2D eigenvalue weighted by Crippen LogP contribution is 2.19. The van der Waals surface area contributed by atoms with Crippen LogP contribution in [0, 0.1) is 11.8 Å². The topological polar surface area (TPSA) is 26.0 Å². The van der Waals surface area contributed by atoms with Crippen molar-refractivity contribution in [1.29, 1.82) is 0 Å². The SMILES string of the molecule is CSCc1ccc(C#CCN)s1. The molecule has 1 nitrogen and oxygen atoms in total. The molecule has 0 aliphatic rings. The Morgan fingerprint density at radius 2 is 2.42 bits per heavy atom. The van der Waals surface area contributed by atoms with E-state index in [1.54, 1.807) is 11.3 Å². The normalized spacial score (nSPS) is 9.17. The predicted octanol–water partition coefficient (Wildman–Crippen LogP) is 1.92. The van der Waals surface area contributed by atoms with E-state index in [1.807, 2.05) is 11.8 Å². The van der Waals surface area contributed by atoms with Crippen molar-refractivity contribution >= 4 is 23.1 Å². The number of hydrogen-bond donors (Lipinski definition) is 1. The molecular weight excluding hydrogens is 186 g/mol. The maximum atomic E-state index is 5.27. The molecule has 2 N–H and O–H groups in total. The van der Waals surface area contributed by atoms with Gasteiger partial charge in [0.1, 0.15) is 0 Å². The van der Waals surface area contributed by atoms with Crippen LogP contribution in [-0.4, -0.2) is 12.8 Å². The van der Waals surface area contributed by atoms with Gasteiger partial charge < -0.3 is 5.73 Å². The molecule has 0 aromatic carbocycles. The molecule has 1 aromatic heterocycles. The zero-order chi connectivity index (χ0) is 8.81. The molecule has 64 valence electrons. The molecule has 0 bridgehead atoms. The largest absolute Gasteiger partial charge is 0.320 e. The smallest absolute Gasteiger partial charge is 0.0772 e. The molecule has 1 rings (SSSR count). The minimum absolute atomic E-state index is 0.440. The Kier molecular flexibility index (Phi) is 4.23. The van der Waals surface area contributed by atoms with Crippen LogP contribution in [0.25, 0.3) is 0 Å². The number of rotatable bonds is 2. The Hall–Kier alpha value is -0.430. The van der Waals surface area contributed by atoms with Gasteiger partial charge in [0.05, 0.1) is 11.4 Å². The second-order valence-corrected chi connectivity index (χ2v) is 4.24. The number of hydrogen-bond acceptors (Lipinski definition) is 3. The third-order valence-corrected chi connectivity index (χ3v) is 3.04. The van der Waals surface area contributed by atoms with E-state index in [9.17, 15) is 0 Å². The summed E-state index contributed by atoms with van der Waals surface area (Å²) in [7, 11) is 0. The molecule has 0 saturated heterocycles. The second-order valence-electron chi connectivity index (χ2n) is 2.20. The van der Waals surface area contributed by atoms with Gasteiger partial charge in [0.15, 0.2) is 0 Å². The van der Waals surface area contributed by atoms with E-state index in [4.69, 9.17) is 5.73 Å². The van der Waals surface area contributed by atoms with E-state index in [1.165, 1.54) is 4.88 Å². The molecule has 0 saturated carbocycles. The lowest BCUT2D eigenvalue weighted by Gasteiger charge is -1.87. The van der Waals surface area contributed by atoms with Gasteiger partial charge >= 0.3 is 0 Å². The fourth-order valence-corrected chi connectivity index (χ4v) is 2.45. The lowest BCUT2D eigenvalue weighted by molar-refractivity contribution is 1.30. The second kappa shape index (κ2) is 5.26. The quantitative estimate of drug-likeness (QED) is 0.733. The van der Waals surface area contributed by atoms with Gasteiger partial charge in [-0.15, -0.1) is 11.3 Å². The molecule has 0 aliphatic carbocycles. The maximum Gasteiger partial charge on any atom is 0.0772 e. The summed E-state index contributed by atoms with van der Waals surface area (Å²) in [6.07, 6.45) is 2.10. The summed E-state index contributed by atoms with van der Waals surface area (Å²) in [6.45, 7) is 0.440. The van der Waals surface area contributed by atoms with Gasteiger partial charge in [-0.05, 0) is 18.4 Å². The van der Waals surface area contributed by atoms with E-state index in [2.05, 4.69) is 30.2 Å². The summed E-state index contributed by atoms with van der Waals surface area (Å²) >= 11 is 3.58. The van der Waals surface area contributed by atoms with E-state index in [0.29, 0.717) is 6.54 Å². The van der Waals surface area contributed by atoms with Gasteiger partial charge in [-0.1, -0.05) is 11.8 Å². The Bertz CT molecular complexity index is 293. The maximum absolute atomic E-state index is 5.27. The highest BCUT2D eigenvalue weighted by atomic mass is 32.2. The van der Waals surface area contributed by atoms with Crippen molar-refractivity contribution in [2.75, 3.05) is 12.8 Å². The standard InChI is InChI=1S/C9H11NS2/c1-11-7-9-5-4-8(12-9)3-2-6-10/h4-5H,6-7,10H2,1H3. The summed E-state index contributed by atoms with van der Waals surface area (Å²) in [5, 5.41) is 0. The zero-order valence-corrected chi connectivity index (χ0v) is 8.60. The van der Waals surface area contributed by atoms with Gasteiger partial charge in [-0.25, -0.2) is 0 Å². The molecule has 3 heteroatoms. The molecule has 1 aromatic rings. The first-order valence-corrected chi connectivity index (χ1v) is 5.84. The van der Waals surface area contributed by atoms with Crippen molar-refractivity contribution in [3.63, 3.8) is 0 Å². The van der Waals surface area contributed by atoms with Crippen molar-refractivity contribution in [2.45, 2.75) is 5.75 Å². The highest BCUT2D eigenvalue weighted by molar-refractivity contribution is 7.97. The first kappa shape index (κ1) is 9.66. The van der Waals surface area contributed by atoms with Crippen molar-refractivity contribution in [3.8, 4) is 11.8 Å². The average molecular weight is 197 g/mol. The third-order valence-electron chi connectivity index (χ3n) is 1.26. The molecule has 0 amide bonds. The summed E-state index contributed by atoms with van der Waals surface area (Å²) in [5.74, 6) is 6.94. The average Bonchev–Trinajstić information content (AvgIpc) is 2.50. The summed E-state index contributed by atoms with van der Waals surface area (Å²) < 4.78 is 0. The lowest BCUT2D eigenvalue weighted by atomic mass is 10.4. The lowest BCUT2D eigenvalue weighted by Crippen LogP contribution is -1.92. The van der Waals surface area contributed by atoms with Crippen LogP contribution in [0.2, 0.25) is 0 Å². The number of nitrogens with two attached hydrogens (primary N) is 1. The van der Waals surface area contributed by atoms with Crippen molar-refractivity contribution in [2.24, 2.45) is 5.73 Å².